The van der Waals surface area contributed by atoms with Crippen LogP contribution in [0.15, 0.2) is 12.4 Å². The molecule has 26 heavy (non-hydrogen) atoms. The third kappa shape index (κ3) is 4.19. The molecule has 2 fully saturated rings. The van der Waals surface area contributed by atoms with Gasteiger partial charge in [0.15, 0.2) is 0 Å². The van der Waals surface area contributed by atoms with Crippen molar-refractivity contribution < 1.29 is 14.4 Å². The van der Waals surface area contributed by atoms with Gasteiger partial charge in [0.25, 0.3) is 0 Å². The first-order valence-corrected chi connectivity index (χ1v) is 9.56. The highest BCUT2D eigenvalue weighted by molar-refractivity contribution is 6.61. The summed E-state index contributed by atoms with van der Waals surface area (Å²) in [7, 11) is -0.425. The van der Waals surface area contributed by atoms with Crippen molar-refractivity contribution in [2.24, 2.45) is 5.92 Å². The molecule has 2 saturated heterocycles. The lowest BCUT2D eigenvalue weighted by Gasteiger charge is -2.32. The topological polar surface area (TPSA) is 79.7 Å². The summed E-state index contributed by atoms with van der Waals surface area (Å²) in [5.41, 5.74) is 0.126. The Morgan fingerprint density at radius 2 is 1.88 bits per heavy atom. The Balaban J connectivity index is 1.61. The standard InChI is InChI=1S/C18H31BN4O3/c1-17(2)18(3,4)26-19(25-17)15-11-21-16(22-12-15)23-8-5-6-14(13-23)10-20-7-9-24/h11-12,14,20,24H,5-10,13H2,1-4H3/t14-/m1/s1. The fraction of sp³-hybridized carbons (Fsp3) is 0.778. The minimum atomic E-state index is -0.425. The molecule has 2 N–H and O–H groups in total. The first kappa shape index (κ1) is 19.5. The van der Waals surface area contributed by atoms with E-state index in [-0.39, 0.29) is 17.8 Å². The second-order valence-electron chi connectivity index (χ2n) is 8.29. The summed E-state index contributed by atoms with van der Waals surface area (Å²) in [6.07, 6.45) is 5.96. The second kappa shape index (κ2) is 7.80. The molecule has 2 aliphatic rings. The van der Waals surface area contributed by atoms with Gasteiger partial charge >= 0.3 is 7.12 Å². The number of hydrogen-bond donors (Lipinski definition) is 2. The Hall–Kier alpha value is -1.22. The van der Waals surface area contributed by atoms with Gasteiger partial charge in [-0.05, 0) is 53.0 Å². The average Bonchev–Trinajstić information content (AvgIpc) is 2.83. The van der Waals surface area contributed by atoms with Gasteiger partial charge in [0.1, 0.15) is 0 Å². The van der Waals surface area contributed by atoms with Gasteiger partial charge in [0.2, 0.25) is 5.95 Å². The number of aliphatic hydroxyl groups is 1. The van der Waals surface area contributed by atoms with Gasteiger partial charge in [-0.25, -0.2) is 9.97 Å². The molecule has 7 nitrogen and oxygen atoms in total. The van der Waals surface area contributed by atoms with Crippen LogP contribution in [0.1, 0.15) is 40.5 Å². The quantitative estimate of drug-likeness (QED) is 0.566. The fourth-order valence-corrected chi connectivity index (χ4v) is 3.39. The minimum absolute atomic E-state index is 0.180. The molecule has 144 valence electrons. The van der Waals surface area contributed by atoms with Crippen LogP contribution in [0.2, 0.25) is 0 Å². The molecule has 8 heteroatoms. The maximum Gasteiger partial charge on any atom is 0.498 e. The number of hydrogen-bond acceptors (Lipinski definition) is 7. The highest BCUT2D eigenvalue weighted by Gasteiger charge is 2.52. The number of piperidine rings is 1. The molecule has 2 aliphatic heterocycles. The van der Waals surface area contributed by atoms with Gasteiger partial charge < -0.3 is 24.6 Å². The smallest absolute Gasteiger partial charge is 0.399 e. The molecule has 0 radical (unpaired) electrons. The Kier molecular flexibility index (Phi) is 5.86. The third-order valence-electron chi connectivity index (χ3n) is 5.71. The van der Waals surface area contributed by atoms with Gasteiger partial charge in [-0.1, -0.05) is 0 Å². The van der Waals surface area contributed by atoms with Crippen LogP contribution >= 0.6 is 0 Å². The number of anilines is 1. The van der Waals surface area contributed by atoms with Crippen LogP contribution in [0.4, 0.5) is 5.95 Å². The predicted molar refractivity (Wildman–Crippen MR) is 103 cm³/mol. The number of aromatic nitrogens is 2. The summed E-state index contributed by atoms with van der Waals surface area (Å²) in [6, 6.07) is 0. The molecular weight excluding hydrogens is 331 g/mol. The molecule has 0 amide bonds. The van der Waals surface area contributed by atoms with E-state index in [1.54, 1.807) is 0 Å². The zero-order valence-corrected chi connectivity index (χ0v) is 16.4. The van der Waals surface area contributed by atoms with E-state index < -0.39 is 7.12 Å². The maximum absolute atomic E-state index is 8.89. The monoisotopic (exact) mass is 362 g/mol. The Morgan fingerprint density at radius 1 is 1.23 bits per heavy atom. The molecule has 1 atom stereocenters. The largest absolute Gasteiger partial charge is 0.498 e. The molecule has 0 bridgehead atoms. The van der Waals surface area contributed by atoms with E-state index >= 15 is 0 Å². The molecular formula is C18H31BN4O3. The zero-order chi connectivity index (χ0) is 18.8. The zero-order valence-electron chi connectivity index (χ0n) is 16.4. The van der Waals surface area contributed by atoms with Crippen LogP contribution in [0.3, 0.4) is 0 Å². The van der Waals surface area contributed by atoms with Gasteiger partial charge in [0.05, 0.1) is 17.8 Å². The summed E-state index contributed by atoms with van der Waals surface area (Å²) in [5.74, 6) is 1.32. The second-order valence-corrected chi connectivity index (χ2v) is 8.29. The van der Waals surface area contributed by atoms with Crippen LogP contribution in [0.5, 0.6) is 0 Å². The fourth-order valence-electron chi connectivity index (χ4n) is 3.39. The van der Waals surface area contributed by atoms with Crippen molar-refractivity contribution in [1.29, 1.82) is 0 Å². The molecule has 3 heterocycles. The van der Waals surface area contributed by atoms with Gasteiger partial charge in [-0.3, -0.25) is 0 Å². The van der Waals surface area contributed by atoms with Crippen molar-refractivity contribution in [1.82, 2.24) is 15.3 Å². The van der Waals surface area contributed by atoms with E-state index in [1.165, 1.54) is 6.42 Å². The molecule has 1 aromatic rings. The van der Waals surface area contributed by atoms with Crippen LogP contribution < -0.4 is 15.7 Å². The molecule has 0 saturated carbocycles. The van der Waals surface area contributed by atoms with Crippen molar-refractivity contribution in [2.45, 2.75) is 51.7 Å². The number of aliphatic hydroxyl groups excluding tert-OH is 1. The van der Waals surface area contributed by atoms with Crippen molar-refractivity contribution in [3.8, 4) is 0 Å². The summed E-state index contributed by atoms with van der Waals surface area (Å²) in [4.78, 5) is 11.4. The molecule has 0 aromatic carbocycles. The van der Waals surface area contributed by atoms with Crippen LogP contribution in [0, 0.1) is 5.92 Å². The van der Waals surface area contributed by atoms with E-state index in [0.717, 1.165) is 37.5 Å². The number of nitrogens with one attached hydrogen (secondary N) is 1. The lowest BCUT2D eigenvalue weighted by molar-refractivity contribution is 0.00578. The first-order valence-electron chi connectivity index (χ1n) is 9.56. The van der Waals surface area contributed by atoms with Crippen LogP contribution in [-0.2, 0) is 9.31 Å². The third-order valence-corrected chi connectivity index (χ3v) is 5.71. The van der Waals surface area contributed by atoms with Crippen LogP contribution in [0.25, 0.3) is 0 Å². The van der Waals surface area contributed by atoms with E-state index in [0.29, 0.717) is 12.5 Å². The summed E-state index contributed by atoms with van der Waals surface area (Å²) in [6.45, 7) is 11.8. The minimum Gasteiger partial charge on any atom is -0.399 e. The van der Waals surface area contributed by atoms with E-state index in [2.05, 4.69) is 20.2 Å². The molecule has 0 unspecified atom stereocenters. The molecule has 3 rings (SSSR count). The highest BCUT2D eigenvalue weighted by atomic mass is 16.7. The van der Waals surface area contributed by atoms with E-state index in [4.69, 9.17) is 14.4 Å². The summed E-state index contributed by atoms with van der Waals surface area (Å²) in [5, 5.41) is 12.2. The lowest BCUT2D eigenvalue weighted by atomic mass is 9.81. The van der Waals surface area contributed by atoms with Crippen molar-refractivity contribution in [3.63, 3.8) is 0 Å². The normalized spacial score (nSPS) is 24.9. The van der Waals surface area contributed by atoms with Gasteiger partial charge in [-0.15, -0.1) is 0 Å². The van der Waals surface area contributed by atoms with E-state index in [9.17, 15) is 0 Å². The Bertz CT molecular complexity index is 581. The average molecular weight is 362 g/mol. The summed E-state index contributed by atoms with van der Waals surface area (Å²) < 4.78 is 12.1. The number of nitrogens with zero attached hydrogens (tertiary/aromatic N) is 3. The Morgan fingerprint density at radius 3 is 2.50 bits per heavy atom. The summed E-state index contributed by atoms with van der Waals surface area (Å²) >= 11 is 0. The molecule has 0 aliphatic carbocycles. The van der Waals surface area contributed by atoms with Gasteiger partial charge in [0, 0.05) is 37.5 Å². The van der Waals surface area contributed by atoms with Crippen molar-refractivity contribution in [3.05, 3.63) is 12.4 Å². The Labute approximate surface area is 156 Å². The lowest BCUT2D eigenvalue weighted by Crippen LogP contribution is -2.41. The molecule has 1 aromatic heterocycles. The number of rotatable bonds is 6. The van der Waals surface area contributed by atoms with Crippen molar-refractivity contribution >= 4 is 18.5 Å². The van der Waals surface area contributed by atoms with E-state index in [1.807, 2.05) is 40.1 Å². The van der Waals surface area contributed by atoms with Crippen molar-refractivity contribution in [2.75, 3.05) is 37.7 Å². The highest BCUT2D eigenvalue weighted by Crippen LogP contribution is 2.36. The predicted octanol–water partition coefficient (Wildman–Crippen LogP) is 0.574. The first-order chi connectivity index (χ1) is 12.3. The SMILES string of the molecule is CC1(C)OB(c2cnc(N3CCC[C@H](CNCCO)C3)nc2)OC1(C)C. The maximum atomic E-state index is 8.89. The van der Waals surface area contributed by atoms with Gasteiger partial charge in [-0.2, -0.15) is 0 Å². The molecule has 0 spiro atoms. The van der Waals surface area contributed by atoms with Crippen LogP contribution in [-0.4, -0.2) is 66.2 Å².